The molecule has 1 N–H and O–H groups in total. The molecule has 0 bridgehead atoms. The fourth-order valence-corrected chi connectivity index (χ4v) is 0.220. The zero-order valence-corrected chi connectivity index (χ0v) is 4.13. The Hall–Kier alpha value is -0.120. The highest BCUT2D eigenvalue weighted by Crippen LogP contribution is 1.88. The maximum atomic E-state index is 9.84. The number of aliphatic hydroxyl groups is 1. The van der Waals surface area contributed by atoms with Crippen molar-refractivity contribution in [3.8, 4) is 0 Å². The highest BCUT2D eigenvalue weighted by atomic mass is 16.7. The molecule has 0 aromatic rings. The Morgan fingerprint density at radius 1 is 1.86 bits per heavy atom. The van der Waals surface area contributed by atoms with Crippen molar-refractivity contribution in [2.75, 3.05) is 0 Å². The van der Waals surface area contributed by atoms with Crippen molar-refractivity contribution in [2.24, 2.45) is 0 Å². The van der Waals surface area contributed by atoms with Crippen molar-refractivity contribution in [2.45, 2.75) is 19.5 Å². The van der Waals surface area contributed by atoms with Crippen LogP contribution in [0, 0.1) is 6.92 Å². The van der Waals surface area contributed by atoms with Crippen LogP contribution in [0.15, 0.2) is 0 Å². The number of ether oxygens (including phenoxy) is 1. The predicted octanol–water partition coefficient (Wildman–Crippen LogP) is -0.0680. The van der Waals surface area contributed by atoms with Crippen molar-refractivity contribution in [3.63, 3.8) is 0 Å². The van der Waals surface area contributed by atoms with Crippen LogP contribution in [0.3, 0.4) is 0 Å². The Balaban J connectivity index is 2.95. The lowest BCUT2D eigenvalue weighted by molar-refractivity contribution is -0.201. The van der Waals surface area contributed by atoms with E-state index >= 15 is 0 Å². The lowest BCUT2D eigenvalue weighted by Gasteiger charge is -2.04. The van der Waals surface area contributed by atoms with Gasteiger partial charge in [-0.05, 0) is 6.92 Å². The Kier molecular flexibility index (Phi) is 2.91. The molecule has 0 aliphatic rings. The summed E-state index contributed by atoms with van der Waals surface area (Å²) in [4.78, 5) is 0. The van der Waals surface area contributed by atoms with Gasteiger partial charge in [0.1, 0.15) is 0 Å². The summed E-state index contributed by atoms with van der Waals surface area (Å²) >= 11 is 0. The largest absolute Gasteiger partial charge is 0.368 e. The van der Waals surface area contributed by atoms with Gasteiger partial charge in [-0.25, -0.2) is 5.11 Å². The van der Waals surface area contributed by atoms with E-state index in [4.69, 9.17) is 5.11 Å². The molecular formula is C4H8O3. The average molecular weight is 104 g/mol. The van der Waals surface area contributed by atoms with E-state index in [9.17, 15) is 5.11 Å². The molecule has 0 rings (SSSR count). The third-order valence-electron chi connectivity index (χ3n) is 0.349. The van der Waals surface area contributed by atoms with Gasteiger partial charge in [-0.1, -0.05) is 0 Å². The van der Waals surface area contributed by atoms with Crippen LogP contribution in [0.5, 0.6) is 0 Å². The minimum absolute atomic E-state index is 1.00. The van der Waals surface area contributed by atoms with Crippen molar-refractivity contribution in [1.82, 2.24) is 0 Å². The van der Waals surface area contributed by atoms with Gasteiger partial charge < -0.3 is 9.84 Å². The van der Waals surface area contributed by atoms with E-state index in [1.54, 1.807) is 0 Å². The third-order valence-corrected chi connectivity index (χ3v) is 0.349. The SMILES string of the molecule is [CH2]C([O])OC(C)O. The summed E-state index contributed by atoms with van der Waals surface area (Å²) < 4.78 is 4.14. The third kappa shape index (κ3) is 5.88. The normalized spacial score (nSPS) is 18.9. The monoisotopic (exact) mass is 104 g/mol. The first-order chi connectivity index (χ1) is 3.13. The topological polar surface area (TPSA) is 49.4 Å². The van der Waals surface area contributed by atoms with Gasteiger partial charge in [0.2, 0.25) is 0 Å². The van der Waals surface area contributed by atoms with Crippen LogP contribution in [-0.2, 0) is 9.84 Å². The molecule has 0 aliphatic carbocycles. The Labute approximate surface area is 42.5 Å². The van der Waals surface area contributed by atoms with Gasteiger partial charge >= 0.3 is 0 Å². The molecule has 0 saturated heterocycles. The van der Waals surface area contributed by atoms with E-state index in [0.29, 0.717) is 0 Å². The quantitative estimate of drug-likeness (QED) is 0.498. The van der Waals surface area contributed by atoms with Gasteiger partial charge in [0.25, 0.3) is 0 Å². The molecule has 0 aromatic carbocycles. The Bertz CT molecular complexity index is 36.2. The van der Waals surface area contributed by atoms with Crippen molar-refractivity contribution >= 4 is 0 Å². The van der Waals surface area contributed by atoms with Crippen LogP contribution < -0.4 is 0 Å². The summed E-state index contributed by atoms with van der Waals surface area (Å²) in [5.74, 6) is 0. The summed E-state index contributed by atoms with van der Waals surface area (Å²) in [6.07, 6.45) is -2.38. The molecule has 0 spiro atoms. The van der Waals surface area contributed by atoms with Crippen molar-refractivity contribution < 1.29 is 14.9 Å². The molecular weight excluding hydrogens is 96.0 g/mol. The second kappa shape index (κ2) is 2.96. The molecule has 0 aromatic heterocycles. The first-order valence-corrected chi connectivity index (χ1v) is 1.95. The second-order valence-corrected chi connectivity index (χ2v) is 1.16. The maximum Gasteiger partial charge on any atom is 0.194 e. The Morgan fingerprint density at radius 3 is 2.29 bits per heavy atom. The first-order valence-electron chi connectivity index (χ1n) is 1.95. The summed E-state index contributed by atoms with van der Waals surface area (Å²) in [6.45, 7) is 4.30. The van der Waals surface area contributed by atoms with Gasteiger partial charge in [-0.2, -0.15) is 0 Å². The van der Waals surface area contributed by atoms with Gasteiger partial charge in [0.05, 0.1) is 0 Å². The molecule has 0 aliphatic heterocycles. The van der Waals surface area contributed by atoms with Crippen molar-refractivity contribution in [1.29, 1.82) is 0 Å². The smallest absolute Gasteiger partial charge is 0.194 e. The van der Waals surface area contributed by atoms with Crippen LogP contribution in [0.4, 0.5) is 0 Å². The van der Waals surface area contributed by atoms with Gasteiger partial charge in [0, 0.05) is 6.92 Å². The molecule has 0 fully saturated rings. The summed E-state index contributed by atoms with van der Waals surface area (Å²) in [5.41, 5.74) is 0. The summed E-state index contributed by atoms with van der Waals surface area (Å²) in [6, 6.07) is 0. The van der Waals surface area contributed by atoms with E-state index in [0.717, 1.165) is 0 Å². The number of aliphatic hydroxyl groups excluding tert-OH is 1. The molecule has 3 heteroatoms. The number of hydrogen-bond acceptors (Lipinski definition) is 2. The zero-order valence-electron chi connectivity index (χ0n) is 4.13. The van der Waals surface area contributed by atoms with Gasteiger partial charge in [-0.15, -0.1) is 0 Å². The molecule has 7 heavy (non-hydrogen) atoms. The highest BCUT2D eigenvalue weighted by Gasteiger charge is 1.99. The molecule has 3 nitrogen and oxygen atoms in total. The predicted molar refractivity (Wildman–Crippen MR) is 22.6 cm³/mol. The molecule has 2 unspecified atom stereocenters. The second-order valence-electron chi connectivity index (χ2n) is 1.16. The molecule has 0 saturated carbocycles. The fraction of sp³-hybridized carbons (Fsp3) is 0.750. The van der Waals surface area contributed by atoms with Crippen molar-refractivity contribution in [3.05, 3.63) is 6.92 Å². The highest BCUT2D eigenvalue weighted by molar-refractivity contribution is 4.37. The van der Waals surface area contributed by atoms with E-state index in [1.165, 1.54) is 6.92 Å². The first kappa shape index (κ1) is 6.88. The van der Waals surface area contributed by atoms with E-state index in [1.807, 2.05) is 0 Å². The molecule has 2 atom stereocenters. The fourth-order valence-electron chi connectivity index (χ4n) is 0.220. The van der Waals surface area contributed by atoms with Gasteiger partial charge in [0.15, 0.2) is 12.6 Å². The lowest BCUT2D eigenvalue weighted by Crippen LogP contribution is -2.13. The van der Waals surface area contributed by atoms with E-state index < -0.39 is 12.6 Å². The van der Waals surface area contributed by atoms with Crippen LogP contribution >= 0.6 is 0 Å². The summed E-state index contributed by atoms with van der Waals surface area (Å²) in [5, 5.41) is 18.1. The summed E-state index contributed by atoms with van der Waals surface area (Å²) in [7, 11) is 0. The van der Waals surface area contributed by atoms with Crippen LogP contribution in [-0.4, -0.2) is 17.7 Å². The zero-order chi connectivity index (χ0) is 5.86. The number of rotatable bonds is 2. The van der Waals surface area contributed by atoms with E-state index in [2.05, 4.69) is 11.7 Å². The minimum Gasteiger partial charge on any atom is -0.368 e. The Morgan fingerprint density at radius 2 is 2.29 bits per heavy atom. The van der Waals surface area contributed by atoms with Crippen LogP contribution in [0.1, 0.15) is 6.92 Å². The standard InChI is InChI=1S/C4H8O3/c1-3(5)7-4(2)6/h3-4,6H,1H2,2H3. The van der Waals surface area contributed by atoms with Crippen LogP contribution in [0.2, 0.25) is 0 Å². The lowest BCUT2D eigenvalue weighted by atomic mass is 10.7. The van der Waals surface area contributed by atoms with Gasteiger partial charge in [-0.3, -0.25) is 0 Å². The molecule has 0 amide bonds. The molecule has 42 valence electrons. The minimum atomic E-state index is -1.37. The van der Waals surface area contributed by atoms with E-state index in [-0.39, 0.29) is 0 Å². The maximum absolute atomic E-state index is 9.84. The van der Waals surface area contributed by atoms with Crippen LogP contribution in [0.25, 0.3) is 0 Å². The number of hydrogen-bond donors (Lipinski definition) is 1. The molecule has 2 radical (unpaired) electrons. The molecule has 0 heterocycles. The average Bonchev–Trinajstić information content (AvgIpc) is 1.27.